The van der Waals surface area contributed by atoms with Crippen LogP contribution in [0, 0.1) is 5.82 Å². The van der Waals surface area contributed by atoms with E-state index in [1.54, 1.807) is 31.0 Å². The molecule has 1 fully saturated rings. The molecule has 0 saturated carbocycles. The van der Waals surface area contributed by atoms with Crippen molar-refractivity contribution in [2.24, 2.45) is 0 Å². The normalized spacial score (nSPS) is 25.7. The number of rotatable bonds is 4. The fourth-order valence-corrected chi connectivity index (χ4v) is 2.37. The van der Waals surface area contributed by atoms with Crippen LogP contribution in [0.4, 0.5) is 4.39 Å². The molecule has 2 N–H and O–H groups in total. The quantitative estimate of drug-likeness (QED) is 0.862. The number of carbonyl (C=O) groups excluding carboxylic acids is 1. The van der Waals surface area contributed by atoms with Crippen LogP contribution in [0.2, 0.25) is 0 Å². The molecule has 0 bridgehead atoms. The molecule has 2 atom stereocenters. The van der Waals surface area contributed by atoms with E-state index in [9.17, 15) is 14.3 Å². The third-order valence-electron chi connectivity index (χ3n) is 3.72. The molecule has 1 aromatic rings. The van der Waals surface area contributed by atoms with Crippen molar-refractivity contribution in [2.75, 3.05) is 26.7 Å². The van der Waals surface area contributed by atoms with E-state index in [1.165, 1.54) is 12.1 Å². The van der Waals surface area contributed by atoms with Gasteiger partial charge in [-0.05, 0) is 32.5 Å². The predicted octanol–water partition coefficient (Wildman–Crippen LogP) is 0.776. The number of halogens is 1. The topological polar surface area (TPSA) is 61.8 Å². The zero-order valence-electron chi connectivity index (χ0n) is 12.3. The van der Waals surface area contributed by atoms with Gasteiger partial charge in [-0.25, -0.2) is 4.39 Å². The van der Waals surface area contributed by atoms with E-state index in [1.807, 2.05) is 0 Å². The molecule has 1 saturated heterocycles. The maximum absolute atomic E-state index is 13.2. The second kappa shape index (κ2) is 6.41. The number of hydrogen-bond acceptors (Lipinski definition) is 4. The van der Waals surface area contributed by atoms with E-state index < -0.39 is 17.5 Å². The Labute approximate surface area is 123 Å². The third-order valence-corrected chi connectivity index (χ3v) is 3.72. The first kappa shape index (κ1) is 15.7. The Kier molecular flexibility index (Phi) is 4.80. The number of nitrogens with zero attached hydrogens (tertiary/aromatic N) is 1. The van der Waals surface area contributed by atoms with Gasteiger partial charge in [0.05, 0.1) is 13.1 Å². The molecule has 0 aliphatic carbocycles. The molecule has 1 heterocycles. The number of carbonyl (C=O) groups is 1. The number of likely N-dealkylation sites (N-methyl/N-ethyl adjacent to an activating group) is 1. The second-order valence-electron chi connectivity index (χ2n) is 5.54. The van der Waals surface area contributed by atoms with Gasteiger partial charge in [0, 0.05) is 12.6 Å². The average molecular weight is 296 g/mol. The van der Waals surface area contributed by atoms with E-state index in [-0.39, 0.29) is 19.0 Å². The molecular formula is C15H21FN2O3. The van der Waals surface area contributed by atoms with Gasteiger partial charge < -0.3 is 20.1 Å². The van der Waals surface area contributed by atoms with Crippen molar-refractivity contribution < 1.29 is 19.0 Å². The highest BCUT2D eigenvalue weighted by molar-refractivity contribution is 5.78. The van der Waals surface area contributed by atoms with Crippen molar-refractivity contribution >= 4 is 5.91 Å². The highest BCUT2D eigenvalue weighted by atomic mass is 19.1. The minimum absolute atomic E-state index is 0.0409. The Morgan fingerprint density at radius 3 is 3.05 bits per heavy atom. The molecule has 1 amide bonds. The summed E-state index contributed by atoms with van der Waals surface area (Å²) in [5, 5.41) is 13.2. The molecule has 0 unspecified atom stereocenters. The van der Waals surface area contributed by atoms with Crippen LogP contribution in [0.25, 0.3) is 0 Å². The molecule has 0 radical (unpaired) electrons. The molecule has 2 rings (SSSR count). The molecule has 116 valence electrons. The van der Waals surface area contributed by atoms with Crippen molar-refractivity contribution in [3.05, 3.63) is 30.1 Å². The third kappa shape index (κ3) is 3.92. The summed E-state index contributed by atoms with van der Waals surface area (Å²) >= 11 is 0. The molecule has 0 aromatic heterocycles. The minimum Gasteiger partial charge on any atom is -0.485 e. The van der Waals surface area contributed by atoms with E-state index >= 15 is 0 Å². The Bertz CT molecular complexity index is 507. The Balaban J connectivity index is 2.09. The monoisotopic (exact) mass is 296 g/mol. The Hall–Kier alpha value is -1.66. The van der Waals surface area contributed by atoms with Gasteiger partial charge in [-0.1, -0.05) is 6.07 Å². The van der Waals surface area contributed by atoms with E-state index in [2.05, 4.69) is 5.32 Å². The van der Waals surface area contributed by atoms with Crippen LogP contribution in [0.1, 0.15) is 13.3 Å². The molecule has 1 aliphatic rings. The summed E-state index contributed by atoms with van der Waals surface area (Å²) in [6.07, 6.45) is -0.170. The van der Waals surface area contributed by atoms with Crippen LogP contribution >= 0.6 is 0 Å². The molecule has 1 aliphatic heterocycles. The zero-order chi connectivity index (χ0) is 15.5. The van der Waals surface area contributed by atoms with Crippen LogP contribution < -0.4 is 10.1 Å². The highest BCUT2D eigenvalue weighted by Gasteiger charge is 2.40. The Morgan fingerprint density at radius 1 is 1.62 bits per heavy atom. The summed E-state index contributed by atoms with van der Waals surface area (Å²) in [4.78, 5) is 13.6. The van der Waals surface area contributed by atoms with Crippen LogP contribution in [0.5, 0.6) is 5.75 Å². The minimum atomic E-state index is -1.05. The molecule has 0 spiro atoms. The summed E-state index contributed by atoms with van der Waals surface area (Å²) in [6.45, 7) is 2.69. The SMILES string of the molecule is CNCC(=O)N1CC[C@@](C)(O)[C@H](Oc2cccc(F)c2)C1. The molecule has 1 aromatic carbocycles. The fourth-order valence-electron chi connectivity index (χ4n) is 2.37. The maximum atomic E-state index is 13.2. The van der Waals surface area contributed by atoms with Crippen LogP contribution in [-0.4, -0.2) is 54.3 Å². The van der Waals surface area contributed by atoms with Crippen molar-refractivity contribution in [1.29, 1.82) is 0 Å². The second-order valence-corrected chi connectivity index (χ2v) is 5.54. The zero-order valence-corrected chi connectivity index (χ0v) is 12.3. The molecule has 21 heavy (non-hydrogen) atoms. The van der Waals surface area contributed by atoms with Crippen LogP contribution in [0.3, 0.4) is 0 Å². The standard InChI is InChI=1S/C15H21FN2O3/c1-15(20)6-7-18(14(19)9-17-2)10-13(15)21-12-5-3-4-11(16)8-12/h3-5,8,13,17,20H,6-7,9-10H2,1-2H3/t13-,15-/m1/s1. The lowest BCUT2D eigenvalue weighted by Gasteiger charge is -2.42. The van der Waals surface area contributed by atoms with Gasteiger partial charge in [-0.15, -0.1) is 0 Å². The van der Waals surface area contributed by atoms with E-state index in [4.69, 9.17) is 4.74 Å². The van der Waals surface area contributed by atoms with Gasteiger partial charge >= 0.3 is 0 Å². The van der Waals surface area contributed by atoms with Gasteiger partial charge in [-0.3, -0.25) is 4.79 Å². The van der Waals surface area contributed by atoms with Gasteiger partial charge in [0.15, 0.2) is 0 Å². The first-order valence-corrected chi connectivity index (χ1v) is 6.99. The molecular weight excluding hydrogens is 275 g/mol. The van der Waals surface area contributed by atoms with Gasteiger partial charge in [-0.2, -0.15) is 0 Å². The highest BCUT2D eigenvalue weighted by Crippen LogP contribution is 2.27. The lowest BCUT2D eigenvalue weighted by atomic mass is 9.90. The number of nitrogens with one attached hydrogen (secondary N) is 1. The lowest BCUT2D eigenvalue weighted by molar-refractivity contribution is -0.142. The Morgan fingerprint density at radius 2 is 2.38 bits per heavy atom. The largest absolute Gasteiger partial charge is 0.485 e. The van der Waals surface area contributed by atoms with Crippen LogP contribution in [0.15, 0.2) is 24.3 Å². The van der Waals surface area contributed by atoms with Crippen molar-refractivity contribution in [1.82, 2.24) is 10.2 Å². The number of ether oxygens (including phenoxy) is 1. The number of likely N-dealkylation sites (tertiary alicyclic amines) is 1. The van der Waals surface area contributed by atoms with E-state index in [0.717, 1.165) is 0 Å². The van der Waals surface area contributed by atoms with Gasteiger partial charge in [0.1, 0.15) is 23.3 Å². The van der Waals surface area contributed by atoms with E-state index in [0.29, 0.717) is 18.7 Å². The first-order chi connectivity index (χ1) is 9.92. The predicted molar refractivity (Wildman–Crippen MR) is 76.6 cm³/mol. The molecule has 5 nitrogen and oxygen atoms in total. The first-order valence-electron chi connectivity index (χ1n) is 6.99. The average Bonchev–Trinajstić information content (AvgIpc) is 2.41. The maximum Gasteiger partial charge on any atom is 0.236 e. The summed E-state index contributed by atoms with van der Waals surface area (Å²) in [5.41, 5.74) is -1.05. The van der Waals surface area contributed by atoms with Crippen molar-refractivity contribution in [3.8, 4) is 5.75 Å². The summed E-state index contributed by atoms with van der Waals surface area (Å²) in [5.74, 6) is -0.0879. The summed E-state index contributed by atoms with van der Waals surface area (Å²) < 4.78 is 18.9. The number of benzene rings is 1. The number of amides is 1. The number of aliphatic hydroxyl groups is 1. The van der Waals surface area contributed by atoms with Crippen LogP contribution in [-0.2, 0) is 4.79 Å². The van der Waals surface area contributed by atoms with Crippen molar-refractivity contribution in [2.45, 2.75) is 25.0 Å². The summed E-state index contributed by atoms with van der Waals surface area (Å²) in [6, 6.07) is 5.78. The van der Waals surface area contributed by atoms with Crippen molar-refractivity contribution in [3.63, 3.8) is 0 Å². The number of hydrogen-bond donors (Lipinski definition) is 2. The summed E-state index contributed by atoms with van der Waals surface area (Å²) in [7, 11) is 1.71. The van der Waals surface area contributed by atoms with Gasteiger partial charge in [0.2, 0.25) is 5.91 Å². The fraction of sp³-hybridized carbons (Fsp3) is 0.533. The van der Waals surface area contributed by atoms with Gasteiger partial charge in [0.25, 0.3) is 0 Å². The molecule has 6 heteroatoms. The lowest BCUT2D eigenvalue weighted by Crippen LogP contribution is -2.58. The smallest absolute Gasteiger partial charge is 0.236 e. The number of piperidine rings is 1.